The summed E-state index contributed by atoms with van der Waals surface area (Å²) < 4.78 is 6.69. The average molecular weight is 495 g/mol. The molecule has 2 N–H and O–H groups in total. The Morgan fingerprint density at radius 1 is 1.00 bits per heavy atom. The average Bonchev–Trinajstić information content (AvgIpc) is 3.22. The summed E-state index contributed by atoms with van der Waals surface area (Å²) in [5.74, 6) is -1.10. The van der Waals surface area contributed by atoms with Crippen LogP contribution in [-0.2, 0) is 9.59 Å². The van der Waals surface area contributed by atoms with Crippen molar-refractivity contribution in [2.75, 3.05) is 38.2 Å². The van der Waals surface area contributed by atoms with Crippen LogP contribution in [0, 0.1) is 0 Å². The summed E-state index contributed by atoms with van der Waals surface area (Å²) in [7, 11) is 1.59. The number of methoxy groups -OCH3 is 1. The van der Waals surface area contributed by atoms with Gasteiger partial charge in [-0.3, -0.25) is 9.36 Å². The largest absolute Gasteiger partial charge is 0.497 e. The van der Waals surface area contributed by atoms with Crippen molar-refractivity contribution < 1.29 is 24.5 Å². The molecular weight excluding hydrogens is 468 g/mol. The molecule has 3 saturated heterocycles. The SMILES string of the molecule is COc1ccc2c(=O)n(-c3cnc(N4CCN5CCC4CC5)nc3)cnc2c1.O=C(O)/C=C/C(=O)O. The molecule has 0 saturated carbocycles. The number of carboxylic acids is 2. The minimum atomic E-state index is -1.26. The van der Waals surface area contributed by atoms with Crippen LogP contribution in [0.3, 0.4) is 0 Å². The Balaban J connectivity index is 0.000000331. The fourth-order valence-corrected chi connectivity index (χ4v) is 4.29. The highest BCUT2D eigenvalue weighted by Crippen LogP contribution is 2.24. The van der Waals surface area contributed by atoms with Gasteiger partial charge in [0.15, 0.2) is 0 Å². The van der Waals surface area contributed by atoms with Gasteiger partial charge in [0.25, 0.3) is 5.56 Å². The van der Waals surface area contributed by atoms with Crippen LogP contribution in [0.1, 0.15) is 12.8 Å². The van der Waals surface area contributed by atoms with E-state index >= 15 is 0 Å². The third-order valence-electron chi connectivity index (χ3n) is 6.15. The van der Waals surface area contributed by atoms with Crippen LogP contribution in [0.25, 0.3) is 16.6 Å². The number of hydrogen-bond donors (Lipinski definition) is 2. The van der Waals surface area contributed by atoms with Crippen molar-refractivity contribution >= 4 is 28.8 Å². The third-order valence-corrected chi connectivity index (χ3v) is 6.15. The minimum Gasteiger partial charge on any atom is -0.497 e. The van der Waals surface area contributed by atoms with E-state index in [1.165, 1.54) is 10.9 Å². The molecular formula is C24H26N6O6. The lowest BCUT2D eigenvalue weighted by molar-refractivity contribution is -0.134. The third kappa shape index (κ3) is 5.66. The van der Waals surface area contributed by atoms with Crippen LogP contribution in [0.5, 0.6) is 5.75 Å². The molecule has 3 fully saturated rings. The van der Waals surface area contributed by atoms with E-state index in [9.17, 15) is 14.4 Å². The first-order chi connectivity index (χ1) is 17.4. The number of carboxylic acid groups (broad SMARTS) is 2. The second-order valence-electron chi connectivity index (χ2n) is 8.32. The summed E-state index contributed by atoms with van der Waals surface area (Å²) in [6.45, 7) is 4.31. The highest BCUT2D eigenvalue weighted by atomic mass is 16.5. The van der Waals surface area contributed by atoms with Crippen molar-refractivity contribution in [2.24, 2.45) is 0 Å². The predicted molar refractivity (Wildman–Crippen MR) is 131 cm³/mol. The summed E-state index contributed by atoms with van der Waals surface area (Å²) in [4.78, 5) is 50.3. The Hall–Kier alpha value is -4.32. The van der Waals surface area contributed by atoms with Crippen LogP contribution < -0.4 is 15.2 Å². The van der Waals surface area contributed by atoms with Gasteiger partial charge in [0.05, 0.1) is 36.1 Å². The fourth-order valence-electron chi connectivity index (χ4n) is 4.29. The van der Waals surface area contributed by atoms with Crippen LogP contribution in [0.4, 0.5) is 5.95 Å². The Morgan fingerprint density at radius 3 is 2.28 bits per heavy atom. The molecule has 5 heterocycles. The van der Waals surface area contributed by atoms with Crippen molar-refractivity contribution in [1.29, 1.82) is 0 Å². The Morgan fingerprint density at radius 2 is 1.67 bits per heavy atom. The number of anilines is 1. The van der Waals surface area contributed by atoms with Crippen LogP contribution >= 0.6 is 0 Å². The zero-order chi connectivity index (χ0) is 25.7. The molecule has 3 aliphatic rings. The van der Waals surface area contributed by atoms with Gasteiger partial charge in [0.1, 0.15) is 12.1 Å². The quantitative estimate of drug-likeness (QED) is 0.492. The summed E-state index contributed by atoms with van der Waals surface area (Å²) in [5.41, 5.74) is 1.07. The van der Waals surface area contributed by atoms with Gasteiger partial charge < -0.3 is 24.7 Å². The first-order valence-electron chi connectivity index (χ1n) is 11.4. The lowest BCUT2D eigenvalue weighted by atomic mass is 10.1. The van der Waals surface area contributed by atoms with Gasteiger partial charge in [0, 0.05) is 50.4 Å². The number of rotatable bonds is 5. The molecule has 2 aromatic heterocycles. The highest BCUT2D eigenvalue weighted by Gasteiger charge is 2.30. The molecule has 12 heteroatoms. The number of aromatic nitrogens is 4. The lowest BCUT2D eigenvalue weighted by Crippen LogP contribution is -2.38. The van der Waals surface area contributed by atoms with Gasteiger partial charge in [-0.1, -0.05) is 0 Å². The molecule has 0 spiro atoms. The van der Waals surface area contributed by atoms with E-state index in [-0.39, 0.29) is 5.56 Å². The summed E-state index contributed by atoms with van der Waals surface area (Å²) in [6, 6.07) is 5.76. The molecule has 0 amide bonds. The summed E-state index contributed by atoms with van der Waals surface area (Å²) in [6.07, 6.45) is 8.36. The molecule has 1 aromatic carbocycles. The van der Waals surface area contributed by atoms with Crippen LogP contribution in [-0.4, -0.2) is 85.9 Å². The second kappa shape index (κ2) is 11.0. The molecule has 2 bridgehead atoms. The standard InChI is InChI=1S/C20H22N6O2.C4H4O4/c1-28-16-2-3-17-18(10-16)23-13-26(19(17)27)15-11-21-20(22-12-15)25-9-8-24-6-4-14(25)5-7-24;5-3(6)1-2-4(7)8/h2-3,10-14H,4-9H2,1H3;1-2H,(H,5,6)(H,7,8)/b;2-1+. The maximum atomic E-state index is 12.9. The Kier molecular flexibility index (Phi) is 7.54. The zero-order valence-electron chi connectivity index (χ0n) is 19.6. The highest BCUT2D eigenvalue weighted by molar-refractivity contribution is 5.89. The van der Waals surface area contributed by atoms with Crippen LogP contribution in [0.15, 0.2) is 53.9 Å². The summed E-state index contributed by atoms with van der Waals surface area (Å²) >= 11 is 0. The molecule has 6 rings (SSSR count). The van der Waals surface area contributed by atoms with Crippen molar-refractivity contribution in [3.8, 4) is 11.4 Å². The first-order valence-corrected chi connectivity index (χ1v) is 11.4. The van der Waals surface area contributed by atoms with Crippen molar-refractivity contribution in [1.82, 2.24) is 24.4 Å². The van der Waals surface area contributed by atoms with Crippen molar-refractivity contribution in [2.45, 2.75) is 18.9 Å². The minimum absolute atomic E-state index is 0.148. The van der Waals surface area contributed by atoms with Gasteiger partial charge in [-0.15, -0.1) is 0 Å². The van der Waals surface area contributed by atoms with E-state index < -0.39 is 11.9 Å². The van der Waals surface area contributed by atoms with E-state index in [0.29, 0.717) is 40.5 Å². The molecule has 12 nitrogen and oxygen atoms in total. The molecule has 0 unspecified atom stereocenters. The zero-order valence-corrected chi connectivity index (χ0v) is 19.6. The smallest absolute Gasteiger partial charge is 0.328 e. The van der Waals surface area contributed by atoms with Crippen molar-refractivity contribution in [3.05, 3.63) is 59.4 Å². The Bertz CT molecular complexity index is 1320. The molecule has 0 atom stereocenters. The molecule has 0 radical (unpaired) electrons. The van der Waals surface area contributed by atoms with Gasteiger partial charge in [0.2, 0.25) is 5.95 Å². The Labute approximate surface area is 206 Å². The number of benzene rings is 1. The predicted octanol–water partition coefficient (Wildman–Crippen LogP) is 1.18. The first kappa shape index (κ1) is 24.8. The molecule has 36 heavy (non-hydrogen) atoms. The molecule has 3 aromatic rings. The monoisotopic (exact) mass is 494 g/mol. The van der Waals surface area contributed by atoms with E-state index in [4.69, 9.17) is 14.9 Å². The van der Waals surface area contributed by atoms with E-state index in [1.807, 2.05) is 0 Å². The molecule has 0 aliphatic carbocycles. The van der Waals surface area contributed by atoms with Gasteiger partial charge in [-0.25, -0.2) is 24.5 Å². The number of hydrogen-bond acceptors (Lipinski definition) is 9. The number of aliphatic carboxylic acids is 2. The molecule has 188 valence electrons. The fraction of sp³-hybridized carbons (Fsp3) is 0.333. The molecule has 3 aliphatic heterocycles. The van der Waals surface area contributed by atoms with E-state index in [2.05, 4.69) is 24.8 Å². The maximum absolute atomic E-state index is 12.9. The van der Waals surface area contributed by atoms with E-state index in [1.54, 1.807) is 37.7 Å². The van der Waals surface area contributed by atoms with E-state index in [0.717, 1.165) is 45.0 Å². The summed E-state index contributed by atoms with van der Waals surface area (Å²) in [5, 5.41) is 16.2. The topological polar surface area (TPSA) is 151 Å². The van der Waals surface area contributed by atoms with Gasteiger partial charge in [-0.2, -0.15) is 0 Å². The number of ether oxygens (including phenoxy) is 1. The maximum Gasteiger partial charge on any atom is 0.328 e. The van der Waals surface area contributed by atoms with Crippen molar-refractivity contribution in [3.63, 3.8) is 0 Å². The van der Waals surface area contributed by atoms with Gasteiger partial charge in [-0.05, 0) is 25.0 Å². The number of nitrogens with zero attached hydrogens (tertiary/aromatic N) is 6. The lowest BCUT2D eigenvalue weighted by Gasteiger charge is -2.31. The number of carbonyl (C=O) groups is 2. The second-order valence-corrected chi connectivity index (χ2v) is 8.32. The number of fused-ring (bicyclic) bond motifs is 5. The normalized spacial score (nSPS) is 19.0. The number of piperidine rings is 1. The van der Waals surface area contributed by atoms with Gasteiger partial charge >= 0.3 is 11.9 Å². The van der Waals surface area contributed by atoms with Crippen LogP contribution in [0.2, 0.25) is 0 Å².